The van der Waals surface area contributed by atoms with Gasteiger partial charge in [0, 0.05) is 44.1 Å². The Morgan fingerprint density at radius 1 is 1.14 bits per heavy atom. The maximum Gasteiger partial charge on any atom is 0.227 e. The van der Waals surface area contributed by atoms with Gasteiger partial charge in [-0.2, -0.15) is 0 Å². The Balaban J connectivity index is 1.38. The molecule has 0 saturated carbocycles. The summed E-state index contributed by atoms with van der Waals surface area (Å²) in [5.74, 6) is 1.03. The van der Waals surface area contributed by atoms with E-state index in [1.54, 1.807) is 19.5 Å². The number of aldehydes is 1. The highest BCUT2D eigenvalue weighted by Crippen LogP contribution is 2.33. The Kier molecular flexibility index (Phi) is 6.99. The number of aromatic nitrogens is 4. The number of anilines is 3. The predicted octanol–water partition coefficient (Wildman–Crippen LogP) is 3.01. The van der Waals surface area contributed by atoms with Crippen molar-refractivity contribution in [1.29, 1.82) is 0 Å². The molecule has 10 nitrogen and oxygen atoms in total. The highest BCUT2D eigenvalue weighted by molar-refractivity contribution is 6.32. The number of nitrogens with one attached hydrogen (secondary N) is 1. The van der Waals surface area contributed by atoms with Gasteiger partial charge >= 0.3 is 0 Å². The number of benzene rings is 1. The molecule has 1 aliphatic rings. The fraction of sp³-hybridized carbons (Fsp3) is 0.280. The number of hydrogen-bond donors (Lipinski definition) is 2. The first-order valence-corrected chi connectivity index (χ1v) is 11.9. The number of hydrogen-bond acceptors (Lipinski definition) is 9. The summed E-state index contributed by atoms with van der Waals surface area (Å²) in [6.07, 6.45) is 6.02. The SMILES string of the molecule is COc1cc(N2CCN(CC=O)CC2)ccc1Nc1ncc(Cl)c(-c2cnc3cc(CO)ccn23)n1. The van der Waals surface area contributed by atoms with E-state index in [0.29, 0.717) is 40.3 Å². The van der Waals surface area contributed by atoms with E-state index < -0.39 is 0 Å². The summed E-state index contributed by atoms with van der Waals surface area (Å²) in [7, 11) is 1.62. The first-order valence-electron chi connectivity index (χ1n) is 11.6. The van der Waals surface area contributed by atoms with Gasteiger partial charge in [-0.05, 0) is 29.8 Å². The first-order chi connectivity index (χ1) is 17.6. The lowest BCUT2D eigenvalue weighted by Gasteiger charge is -2.35. The number of halogens is 1. The molecule has 0 amide bonds. The van der Waals surface area contributed by atoms with Crippen LogP contribution in [0.25, 0.3) is 17.0 Å². The quantitative estimate of drug-likeness (QED) is 0.348. The van der Waals surface area contributed by atoms with Crippen LogP contribution in [0.3, 0.4) is 0 Å². The number of pyridine rings is 1. The molecule has 11 heteroatoms. The molecular formula is C25H26ClN7O3. The van der Waals surface area contributed by atoms with Crippen molar-refractivity contribution >= 4 is 40.9 Å². The maximum atomic E-state index is 10.8. The van der Waals surface area contributed by atoms with Crippen LogP contribution in [0.5, 0.6) is 5.75 Å². The Hall–Kier alpha value is -3.73. The molecule has 186 valence electrons. The third kappa shape index (κ3) is 4.83. The van der Waals surface area contributed by atoms with Crippen LogP contribution in [0.1, 0.15) is 5.56 Å². The van der Waals surface area contributed by atoms with Crippen LogP contribution in [-0.4, -0.2) is 75.5 Å². The Bertz CT molecular complexity index is 1390. The van der Waals surface area contributed by atoms with Crippen LogP contribution in [0.2, 0.25) is 5.02 Å². The van der Waals surface area contributed by atoms with Crippen LogP contribution in [-0.2, 0) is 11.4 Å². The number of aliphatic hydroxyl groups excluding tert-OH is 1. The summed E-state index contributed by atoms with van der Waals surface area (Å²) in [4.78, 5) is 28.6. The topological polar surface area (TPSA) is 108 Å². The molecule has 0 radical (unpaired) electrons. The van der Waals surface area contributed by atoms with E-state index in [-0.39, 0.29) is 6.61 Å². The fourth-order valence-electron chi connectivity index (χ4n) is 4.30. The normalized spacial score (nSPS) is 14.2. The van der Waals surface area contributed by atoms with E-state index in [1.165, 1.54) is 0 Å². The van der Waals surface area contributed by atoms with Crippen molar-refractivity contribution in [2.45, 2.75) is 6.61 Å². The van der Waals surface area contributed by atoms with E-state index in [2.05, 4.69) is 30.1 Å². The molecule has 1 aliphatic heterocycles. The summed E-state index contributed by atoms with van der Waals surface area (Å²) in [6, 6.07) is 9.58. The maximum absolute atomic E-state index is 10.8. The van der Waals surface area contributed by atoms with E-state index in [4.69, 9.17) is 16.3 Å². The standard InChI is InChI=1S/C25H26ClN7O3/c1-36-22-13-18(32-8-6-31(7-9-32)10-11-34)2-3-20(22)29-25-28-14-19(26)24(30-25)21-15-27-23-12-17(16-35)4-5-33(21)23/h2-5,11-15,35H,6-10,16H2,1H3,(H,28,29,30). The van der Waals surface area contributed by atoms with Crippen LogP contribution in [0, 0.1) is 0 Å². The molecule has 0 atom stereocenters. The Morgan fingerprint density at radius 2 is 1.97 bits per heavy atom. The molecule has 1 aromatic carbocycles. The van der Waals surface area contributed by atoms with Crippen molar-refractivity contribution < 1.29 is 14.6 Å². The molecule has 0 bridgehead atoms. The summed E-state index contributed by atoms with van der Waals surface area (Å²) in [6.45, 7) is 3.78. The molecule has 1 fully saturated rings. The first kappa shape index (κ1) is 24.0. The number of aliphatic hydroxyl groups is 1. The minimum atomic E-state index is -0.0575. The molecule has 3 aromatic heterocycles. The molecule has 0 spiro atoms. The van der Waals surface area contributed by atoms with Gasteiger partial charge in [0.1, 0.15) is 23.4 Å². The molecule has 2 N–H and O–H groups in total. The molecule has 36 heavy (non-hydrogen) atoms. The van der Waals surface area contributed by atoms with E-state index >= 15 is 0 Å². The average molecular weight is 508 g/mol. The van der Waals surface area contributed by atoms with Crippen molar-refractivity contribution in [2.24, 2.45) is 0 Å². The third-order valence-corrected chi connectivity index (χ3v) is 6.53. The number of nitrogens with zero attached hydrogens (tertiary/aromatic N) is 6. The Labute approximate surface area is 213 Å². The van der Waals surface area contributed by atoms with Gasteiger partial charge in [0.25, 0.3) is 0 Å². The van der Waals surface area contributed by atoms with Gasteiger partial charge in [-0.25, -0.2) is 15.0 Å². The molecule has 4 aromatic rings. The minimum Gasteiger partial charge on any atom is -0.494 e. The van der Waals surface area contributed by atoms with E-state index in [1.807, 2.05) is 40.9 Å². The number of ether oxygens (including phenoxy) is 1. The monoisotopic (exact) mass is 507 g/mol. The molecule has 4 heterocycles. The van der Waals surface area contributed by atoms with Crippen LogP contribution < -0.4 is 15.0 Å². The summed E-state index contributed by atoms with van der Waals surface area (Å²) in [5.41, 5.74) is 4.47. The second kappa shape index (κ2) is 10.5. The fourth-order valence-corrected chi connectivity index (χ4v) is 4.49. The van der Waals surface area contributed by atoms with Crippen molar-refractivity contribution in [3.8, 4) is 17.1 Å². The molecular weight excluding hydrogens is 482 g/mol. The zero-order chi connectivity index (χ0) is 25.1. The van der Waals surface area contributed by atoms with Crippen molar-refractivity contribution in [3.63, 3.8) is 0 Å². The summed E-state index contributed by atoms with van der Waals surface area (Å²) >= 11 is 6.46. The van der Waals surface area contributed by atoms with Gasteiger partial charge in [0.05, 0.1) is 49.1 Å². The van der Waals surface area contributed by atoms with Gasteiger partial charge in [0.2, 0.25) is 5.95 Å². The van der Waals surface area contributed by atoms with Crippen molar-refractivity contribution in [1.82, 2.24) is 24.3 Å². The summed E-state index contributed by atoms with van der Waals surface area (Å²) in [5, 5.41) is 13.0. The van der Waals surface area contributed by atoms with Crippen molar-refractivity contribution in [3.05, 3.63) is 59.5 Å². The summed E-state index contributed by atoms with van der Waals surface area (Å²) < 4.78 is 7.51. The second-order valence-corrected chi connectivity index (χ2v) is 8.83. The molecule has 0 unspecified atom stereocenters. The second-order valence-electron chi connectivity index (χ2n) is 8.42. The van der Waals surface area contributed by atoms with Crippen LogP contribution in [0.4, 0.5) is 17.3 Å². The molecule has 5 rings (SSSR count). The average Bonchev–Trinajstić information content (AvgIpc) is 3.33. The number of rotatable bonds is 8. The number of fused-ring (bicyclic) bond motifs is 1. The highest BCUT2D eigenvalue weighted by atomic mass is 35.5. The lowest BCUT2D eigenvalue weighted by molar-refractivity contribution is -0.108. The largest absolute Gasteiger partial charge is 0.494 e. The smallest absolute Gasteiger partial charge is 0.227 e. The highest BCUT2D eigenvalue weighted by Gasteiger charge is 2.19. The van der Waals surface area contributed by atoms with E-state index in [0.717, 1.165) is 49.4 Å². The lowest BCUT2D eigenvalue weighted by Crippen LogP contribution is -2.46. The number of methoxy groups -OCH3 is 1. The van der Waals surface area contributed by atoms with E-state index in [9.17, 15) is 9.90 Å². The number of piperazine rings is 1. The van der Waals surface area contributed by atoms with Gasteiger partial charge in [0.15, 0.2) is 0 Å². The number of carbonyl (C=O) groups is 1. The molecule has 0 aliphatic carbocycles. The van der Waals surface area contributed by atoms with Crippen LogP contribution in [0.15, 0.2) is 48.9 Å². The van der Waals surface area contributed by atoms with Crippen LogP contribution >= 0.6 is 11.6 Å². The molecule has 1 saturated heterocycles. The lowest BCUT2D eigenvalue weighted by atomic mass is 10.2. The van der Waals surface area contributed by atoms with Gasteiger partial charge in [-0.1, -0.05) is 11.6 Å². The zero-order valence-corrected chi connectivity index (χ0v) is 20.5. The van der Waals surface area contributed by atoms with Gasteiger partial charge in [-0.15, -0.1) is 0 Å². The Morgan fingerprint density at radius 3 is 2.72 bits per heavy atom. The van der Waals surface area contributed by atoms with Gasteiger partial charge in [-0.3, -0.25) is 9.30 Å². The predicted molar refractivity (Wildman–Crippen MR) is 138 cm³/mol. The number of carbonyl (C=O) groups excluding carboxylic acids is 1. The van der Waals surface area contributed by atoms with Gasteiger partial charge < -0.3 is 24.9 Å². The third-order valence-electron chi connectivity index (χ3n) is 6.25. The number of imidazole rings is 1. The minimum absolute atomic E-state index is 0.0575. The zero-order valence-electron chi connectivity index (χ0n) is 19.8. The van der Waals surface area contributed by atoms with Crippen molar-refractivity contribution in [2.75, 3.05) is 50.1 Å².